The van der Waals surface area contributed by atoms with Crippen molar-refractivity contribution in [3.05, 3.63) is 0 Å². The Kier molecular flexibility index (Phi) is 7.87. The van der Waals surface area contributed by atoms with E-state index in [1.165, 1.54) is 51.4 Å². The van der Waals surface area contributed by atoms with Gasteiger partial charge in [-0.15, -0.1) is 0 Å². The van der Waals surface area contributed by atoms with Crippen LogP contribution in [-0.2, 0) is 9.47 Å². The topological polar surface area (TPSA) is 18.5 Å². The van der Waals surface area contributed by atoms with E-state index in [1.807, 2.05) is 0 Å². The SMILES string of the molecule is CCCCCCCCCCC1OCC(C)O1. The van der Waals surface area contributed by atoms with E-state index in [9.17, 15) is 0 Å². The fourth-order valence-corrected chi connectivity index (χ4v) is 2.18. The smallest absolute Gasteiger partial charge is 0.158 e. The Hall–Kier alpha value is -0.0800. The predicted octanol–water partition coefficient (Wildman–Crippen LogP) is 4.28. The zero-order valence-electron chi connectivity index (χ0n) is 11.0. The van der Waals surface area contributed by atoms with Crippen LogP contribution in [0.4, 0.5) is 0 Å². The van der Waals surface area contributed by atoms with Crippen molar-refractivity contribution in [3.8, 4) is 0 Å². The van der Waals surface area contributed by atoms with Crippen molar-refractivity contribution in [2.75, 3.05) is 6.61 Å². The number of rotatable bonds is 9. The van der Waals surface area contributed by atoms with Crippen molar-refractivity contribution >= 4 is 0 Å². The van der Waals surface area contributed by atoms with Crippen molar-refractivity contribution in [2.24, 2.45) is 0 Å². The highest BCUT2D eigenvalue weighted by molar-refractivity contribution is 4.60. The lowest BCUT2D eigenvalue weighted by atomic mass is 10.1. The fourth-order valence-electron chi connectivity index (χ4n) is 2.18. The largest absolute Gasteiger partial charge is 0.350 e. The van der Waals surface area contributed by atoms with E-state index < -0.39 is 0 Å². The summed E-state index contributed by atoms with van der Waals surface area (Å²) < 4.78 is 11.1. The summed E-state index contributed by atoms with van der Waals surface area (Å²) in [6, 6.07) is 0. The molecule has 96 valence electrons. The van der Waals surface area contributed by atoms with Gasteiger partial charge in [-0.1, -0.05) is 51.9 Å². The number of ether oxygens (including phenoxy) is 2. The number of unbranched alkanes of at least 4 members (excludes halogenated alkanes) is 7. The van der Waals surface area contributed by atoms with E-state index in [0.717, 1.165) is 13.0 Å². The zero-order valence-corrected chi connectivity index (χ0v) is 11.0. The Balaban J connectivity index is 1.78. The summed E-state index contributed by atoms with van der Waals surface area (Å²) in [5.74, 6) is 0. The summed E-state index contributed by atoms with van der Waals surface area (Å²) in [6.45, 7) is 5.12. The van der Waals surface area contributed by atoms with Gasteiger partial charge in [-0.05, 0) is 19.8 Å². The molecule has 2 heteroatoms. The maximum Gasteiger partial charge on any atom is 0.158 e. The molecule has 0 spiro atoms. The molecule has 1 aliphatic heterocycles. The third-order valence-electron chi connectivity index (χ3n) is 3.19. The number of hydrogen-bond donors (Lipinski definition) is 0. The molecule has 0 aromatic carbocycles. The molecule has 0 saturated carbocycles. The third-order valence-corrected chi connectivity index (χ3v) is 3.19. The highest BCUT2D eigenvalue weighted by atomic mass is 16.7. The highest BCUT2D eigenvalue weighted by Crippen LogP contribution is 2.17. The van der Waals surface area contributed by atoms with Crippen LogP contribution in [0.25, 0.3) is 0 Å². The minimum absolute atomic E-state index is 0.0927. The van der Waals surface area contributed by atoms with E-state index in [2.05, 4.69) is 13.8 Å². The molecule has 1 saturated heterocycles. The molecular weight excluding hydrogens is 200 g/mol. The molecule has 1 aliphatic rings. The lowest BCUT2D eigenvalue weighted by molar-refractivity contribution is -0.0604. The van der Waals surface area contributed by atoms with Crippen LogP contribution in [0.15, 0.2) is 0 Å². The molecule has 2 unspecified atom stereocenters. The van der Waals surface area contributed by atoms with E-state index in [1.54, 1.807) is 0 Å². The average molecular weight is 228 g/mol. The first-order valence-corrected chi connectivity index (χ1v) is 7.10. The quantitative estimate of drug-likeness (QED) is 0.548. The van der Waals surface area contributed by atoms with Crippen LogP contribution >= 0.6 is 0 Å². The van der Waals surface area contributed by atoms with Crippen molar-refractivity contribution in [1.82, 2.24) is 0 Å². The lowest BCUT2D eigenvalue weighted by Crippen LogP contribution is -2.08. The first-order valence-electron chi connectivity index (χ1n) is 7.10. The second-order valence-electron chi connectivity index (χ2n) is 4.97. The van der Waals surface area contributed by atoms with E-state index >= 15 is 0 Å². The average Bonchev–Trinajstić information content (AvgIpc) is 2.68. The molecule has 0 amide bonds. The second-order valence-corrected chi connectivity index (χ2v) is 4.97. The lowest BCUT2D eigenvalue weighted by Gasteiger charge is -2.09. The van der Waals surface area contributed by atoms with Gasteiger partial charge in [0.05, 0.1) is 12.7 Å². The summed E-state index contributed by atoms with van der Waals surface area (Å²) in [5, 5.41) is 0. The van der Waals surface area contributed by atoms with Crippen LogP contribution in [0.2, 0.25) is 0 Å². The normalized spacial score (nSPS) is 25.1. The van der Waals surface area contributed by atoms with Crippen LogP contribution in [0.3, 0.4) is 0 Å². The summed E-state index contributed by atoms with van der Waals surface area (Å²) in [4.78, 5) is 0. The molecule has 0 N–H and O–H groups in total. The van der Waals surface area contributed by atoms with Gasteiger partial charge in [0.15, 0.2) is 6.29 Å². The van der Waals surface area contributed by atoms with Gasteiger partial charge in [0.25, 0.3) is 0 Å². The van der Waals surface area contributed by atoms with Gasteiger partial charge < -0.3 is 9.47 Å². The summed E-state index contributed by atoms with van der Waals surface area (Å²) in [5.41, 5.74) is 0. The fraction of sp³-hybridized carbons (Fsp3) is 1.00. The van der Waals surface area contributed by atoms with Gasteiger partial charge in [0.1, 0.15) is 0 Å². The number of hydrogen-bond acceptors (Lipinski definition) is 2. The van der Waals surface area contributed by atoms with E-state index in [0.29, 0.717) is 6.10 Å². The Bertz CT molecular complexity index is 159. The Morgan fingerprint density at radius 2 is 1.56 bits per heavy atom. The van der Waals surface area contributed by atoms with Gasteiger partial charge in [0.2, 0.25) is 0 Å². The van der Waals surface area contributed by atoms with E-state index in [-0.39, 0.29) is 6.29 Å². The maximum absolute atomic E-state index is 5.60. The minimum Gasteiger partial charge on any atom is -0.350 e. The molecule has 0 aliphatic carbocycles. The molecule has 0 aromatic rings. The van der Waals surface area contributed by atoms with Crippen LogP contribution < -0.4 is 0 Å². The summed E-state index contributed by atoms with van der Waals surface area (Å²) in [6.07, 6.45) is 12.4. The summed E-state index contributed by atoms with van der Waals surface area (Å²) in [7, 11) is 0. The monoisotopic (exact) mass is 228 g/mol. The van der Waals surface area contributed by atoms with Crippen molar-refractivity contribution in [2.45, 2.75) is 84.0 Å². The Labute approximate surface area is 101 Å². The van der Waals surface area contributed by atoms with Gasteiger partial charge in [-0.3, -0.25) is 0 Å². The van der Waals surface area contributed by atoms with Crippen molar-refractivity contribution in [3.63, 3.8) is 0 Å². The van der Waals surface area contributed by atoms with Crippen LogP contribution in [0.5, 0.6) is 0 Å². The second kappa shape index (κ2) is 9.00. The molecule has 1 fully saturated rings. The van der Waals surface area contributed by atoms with Gasteiger partial charge in [0, 0.05) is 0 Å². The van der Waals surface area contributed by atoms with Gasteiger partial charge >= 0.3 is 0 Å². The molecule has 2 atom stereocenters. The van der Waals surface area contributed by atoms with E-state index in [4.69, 9.17) is 9.47 Å². The minimum atomic E-state index is 0.0927. The highest BCUT2D eigenvalue weighted by Gasteiger charge is 2.21. The molecule has 0 radical (unpaired) electrons. The Morgan fingerprint density at radius 1 is 0.938 bits per heavy atom. The first kappa shape index (κ1) is 14.0. The molecule has 0 aromatic heterocycles. The van der Waals surface area contributed by atoms with Crippen LogP contribution in [0, 0.1) is 0 Å². The van der Waals surface area contributed by atoms with Crippen molar-refractivity contribution in [1.29, 1.82) is 0 Å². The first-order chi connectivity index (χ1) is 7.83. The van der Waals surface area contributed by atoms with Crippen molar-refractivity contribution < 1.29 is 9.47 Å². The van der Waals surface area contributed by atoms with Gasteiger partial charge in [-0.25, -0.2) is 0 Å². The Morgan fingerprint density at radius 3 is 2.12 bits per heavy atom. The molecule has 16 heavy (non-hydrogen) atoms. The van der Waals surface area contributed by atoms with Crippen LogP contribution in [-0.4, -0.2) is 19.0 Å². The van der Waals surface area contributed by atoms with Crippen LogP contribution in [0.1, 0.15) is 71.6 Å². The maximum atomic E-state index is 5.60. The predicted molar refractivity (Wildman–Crippen MR) is 67.5 cm³/mol. The molecule has 1 rings (SSSR count). The molecular formula is C14H28O2. The van der Waals surface area contributed by atoms with Gasteiger partial charge in [-0.2, -0.15) is 0 Å². The zero-order chi connectivity index (χ0) is 11.6. The molecule has 2 nitrogen and oxygen atoms in total. The third kappa shape index (κ3) is 6.49. The molecule has 1 heterocycles. The standard InChI is InChI=1S/C14H28O2/c1-3-4-5-6-7-8-9-10-11-14-15-12-13(2)16-14/h13-14H,3-12H2,1-2H3. The molecule has 0 bridgehead atoms. The summed E-state index contributed by atoms with van der Waals surface area (Å²) >= 11 is 0.